The van der Waals surface area contributed by atoms with E-state index in [1.54, 1.807) is 6.20 Å². The molecule has 156 valence electrons. The fourth-order valence-corrected chi connectivity index (χ4v) is 4.49. The molecular formula is C24H23F2NO3. The van der Waals surface area contributed by atoms with Crippen LogP contribution in [0.15, 0.2) is 42.6 Å². The van der Waals surface area contributed by atoms with Crippen LogP contribution in [0.1, 0.15) is 71.8 Å². The van der Waals surface area contributed by atoms with Crippen molar-refractivity contribution in [2.75, 3.05) is 0 Å². The molecule has 1 unspecified atom stereocenters. The molecule has 0 amide bonds. The minimum Gasteiger partial charge on any atom is -0.481 e. The van der Waals surface area contributed by atoms with Gasteiger partial charge in [-0.3, -0.25) is 9.59 Å². The number of fused-ring (bicyclic) bond motifs is 1. The van der Waals surface area contributed by atoms with Gasteiger partial charge in [-0.15, -0.1) is 0 Å². The van der Waals surface area contributed by atoms with E-state index in [1.165, 1.54) is 24.8 Å². The van der Waals surface area contributed by atoms with Crippen LogP contribution in [0.25, 0.3) is 10.9 Å². The predicted molar refractivity (Wildman–Crippen MR) is 110 cm³/mol. The lowest BCUT2D eigenvalue weighted by atomic mass is 9.83. The third kappa shape index (κ3) is 3.99. The maximum absolute atomic E-state index is 14.0. The highest BCUT2D eigenvalue weighted by Crippen LogP contribution is 2.36. The van der Waals surface area contributed by atoms with Gasteiger partial charge in [0.05, 0.1) is 11.5 Å². The van der Waals surface area contributed by atoms with Gasteiger partial charge in [0.1, 0.15) is 11.6 Å². The maximum Gasteiger partial charge on any atom is 0.311 e. The van der Waals surface area contributed by atoms with Crippen LogP contribution in [0.3, 0.4) is 0 Å². The number of benzene rings is 2. The number of ketones is 1. The van der Waals surface area contributed by atoms with Gasteiger partial charge in [-0.25, -0.2) is 8.78 Å². The zero-order valence-corrected chi connectivity index (χ0v) is 16.5. The smallest absolute Gasteiger partial charge is 0.311 e. The largest absolute Gasteiger partial charge is 0.481 e. The number of carboxylic acids is 1. The molecule has 0 aliphatic heterocycles. The van der Waals surface area contributed by atoms with Gasteiger partial charge in [0.15, 0.2) is 5.78 Å². The first-order valence-electron chi connectivity index (χ1n) is 10.3. The van der Waals surface area contributed by atoms with E-state index in [-0.39, 0.29) is 5.56 Å². The average molecular weight is 411 g/mol. The first-order valence-corrected chi connectivity index (χ1v) is 10.3. The third-order valence-corrected chi connectivity index (χ3v) is 6.11. The number of carboxylic acid groups (broad SMARTS) is 1. The molecule has 0 radical (unpaired) electrons. The number of carbonyl (C=O) groups excluding carboxylic acids is 1. The monoisotopic (exact) mass is 411 g/mol. The van der Waals surface area contributed by atoms with Crippen molar-refractivity contribution in [1.82, 2.24) is 4.98 Å². The first-order chi connectivity index (χ1) is 14.4. The Hall–Kier alpha value is -3.02. The van der Waals surface area contributed by atoms with Crippen molar-refractivity contribution >= 4 is 22.7 Å². The summed E-state index contributed by atoms with van der Waals surface area (Å²) in [5.41, 5.74) is 2.26. The van der Waals surface area contributed by atoms with Crippen molar-refractivity contribution in [3.63, 3.8) is 0 Å². The van der Waals surface area contributed by atoms with Crippen LogP contribution in [0.4, 0.5) is 8.78 Å². The molecule has 2 aromatic carbocycles. The average Bonchev–Trinajstić information content (AvgIpc) is 3.15. The molecule has 4 rings (SSSR count). The Morgan fingerprint density at radius 1 is 1.07 bits per heavy atom. The van der Waals surface area contributed by atoms with Crippen LogP contribution < -0.4 is 0 Å². The molecule has 30 heavy (non-hydrogen) atoms. The van der Waals surface area contributed by atoms with Crippen molar-refractivity contribution in [2.45, 2.75) is 50.4 Å². The number of aromatic amines is 1. The molecule has 0 saturated heterocycles. The van der Waals surface area contributed by atoms with Crippen molar-refractivity contribution in [3.05, 3.63) is 70.9 Å². The van der Waals surface area contributed by atoms with Gasteiger partial charge in [-0.05, 0) is 48.1 Å². The predicted octanol–water partition coefficient (Wildman–Crippen LogP) is 5.94. The van der Waals surface area contributed by atoms with E-state index in [2.05, 4.69) is 11.1 Å². The van der Waals surface area contributed by atoms with Crippen LogP contribution in [0, 0.1) is 11.6 Å². The Kier molecular flexibility index (Phi) is 5.66. The summed E-state index contributed by atoms with van der Waals surface area (Å²) in [6.07, 6.45) is 7.25. The molecule has 3 aromatic rings. The molecule has 2 N–H and O–H groups in total. The van der Waals surface area contributed by atoms with Gasteiger partial charge < -0.3 is 10.1 Å². The van der Waals surface area contributed by atoms with Crippen molar-refractivity contribution in [3.8, 4) is 0 Å². The number of H-pyrrole nitrogens is 1. The molecular weight excluding hydrogens is 388 g/mol. The molecule has 1 aliphatic rings. The quantitative estimate of drug-likeness (QED) is 0.494. The summed E-state index contributed by atoms with van der Waals surface area (Å²) in [4.78, 5) is 27.6. The van der Waals surface area contributed by atoms with Gasteiger partial charge >= 0.3 is 5.97 Å². The number of rotatable bonds is 6. The molecule has 4 nitrogen and oxygen atoms in total. The highest BCUT2D eigenvalue weighted by molar-refractivity contribution is 6.00. The molecule has 6 heteroatoms. The Morgan fingerprint density at radius 2 is 1.83 bits per heavy atom. The Labute approximate surface area is 172 Å². The van der Waals surface area contributed by atoms with E-state index in [9.17, 15) is 23.5 Å². The summed E-state index contributed by atoms with van der Waals surface area (Å²) in [7, 11) is 0. The Morgan fingerprint density at radius 3 is 2.53 bits per heavy atom. The summed E-state index contributed by atoms with van der Waals surface area (Å²) in [6, 6.07) is 8.68. The number of Topliss-reactive ketones (excluding diaryl/α,β-unsaturated/α-hetero) is 1. The van der Waals surface area contributed by atoms with Crippen LogP contribution in [0.2, 0.25) is 0 Å². The van der Waals surface area contributed by atoms with Crippen LogP contribution in [-0.4, -0.2) is 21.8 Å². The lowest BCUT2D eigenvalue weighted by Gasteiger charge is -2.22. The van der Waals surface area contributed by atoms with Gasteiger partial charge in [0.25, 0.3) is 0 Å². The normalized spacial score (nSPS) is 15.9. The second-order valence-electron chi connectivity index (χ2n) is 8.03. The van der Waals surface area contributed by atoms with Crippen molar-refractivity contribution < 1.29 is 23.5 Å². The third-order valence-electron chi connectivity index (χ3n) is 6.11. The number of nitrogens with one attached hydrogen (secondary N) is 1. The Balaban J connectivity index is 1.62. The van der Waals surface area contributed by atoms with Crippen LogP contribution in [0.5, 0.6) is 0 Å². The number of carbonyl (C=O) groups is 2. The second kappa shape index (κ2) is 8.38. The zero-order valence-electron chi connectivity index (χ0n) is 16.5. The van der Waals surface area contributed by atoms with Gasteiger partial charge in [0, 0.05) is 29.6 Å². The molecule has 1 aromatic heterocycles. The summed E-state index contributed by atoms with van der Waals surface area (Å²) < 4.78 is 27.1. The molecule has 0 spiro atoms. The first kappa shape index (κ1) is 20.3. The number of aromatic nitrogens is 1. The number of hydrogen-bond acceptors (Lipinski definition) is 2. The van der Waals surface area contributed by atoms with Crippen LogP contribution >= 0.6 is 0 Å². The van der Waals surface area contributed by atoms with E-state index in [4.69, 9.17) is 0 Å². The summed E-state index contributed by atoms with van der Waals surface area (Å²) >= 11 is 0. The summed E-state index contributed by atoms with van der Waals surface area (Å²) in [5, 5.41) is 10.5. The maximum atomic E-state index is 14.0. The van der Waals surface area contributed by atoms with Gasteiger partial charge in [-0.1, -0.05) is 31.4 Å². The van der Waals surface area contributed by atoms with E-state index >= 15 is 0 Å². The van der Waals surface area contributed by atoms with Crippen molar-refractivity contribution in [1.29, 1.82) is 0 Å². The fourth-order valence-electron chi connectivity index (χ4n) is 4.49. The zero-order chi connectivity index (χ0) is 21.3. The van der Waals surface area contributed by atoms with E-state index in [1.807, 2.05) is 12.1 Å². The lowest BCUT2D eigenvalue weighted by molar-refractivity contribution is -0.138. The molecule has 1 aliphatic carbocycles. The van der Waals surface area contributed by atoms with Crippen molar-refractivity contribution in [2.24, 2.45) is 0 Å². The Bertz CT molecular complexity index is 1100. The number of halogens is 2. The highest BCUT2D eigenvalue weighted by atomic mass is 19.1. The van der Waals surface area contributed by atoms with E-state index in [0.29, 0.717) is 17.5 Å². The summed E-state index contributed by atoms with van der Waals surface area (Å²) in [5.74, 6) is -4.22. The molecule has 1 saturated carbocycles. The molecule has 1 atom stereocenters. The topological polar surface area (TPSA) is 70.2 Å². The van der Waals surface area contributed by atoms with E-state index < -0.39 is 35.7 Å². The molecule has 0 bridgehead atoms. The lowest BCUT2D eigenvalue weighted by Crippen LogP contribution is -2.17. The van der Waals surface area contributed by atoms with E-state index in [0.717, 1.165) is 35.9 Å². The summed E-state index contributed by atoms with van der Waals surface area (Å²) in [6.45, 7) is 0. The number of aliphatic carboxylic acids is 1. The van der Waals surface area contributed by atoms with Gasteiger partial charge in [-0.2, -0.15) is 0 Å². The molecule has 1 heterocycles. The minimum atomic E-state index is -1.16. The SMILES string of the molecule is O=C(CC(C(=O)O)c1c[nH]c2cc(C3CCCCC3)ccc12)c1ccc(F)cc1F. The second-order valence-corrected chi connectivity index (χ2v) is 8.03. The highest BCUT2D eigenvalue weighted by Gasteiger charge is 2.28. The minimum absolute atomic E-state index is 0.304. The number of hydrogen-bond donors (Lipinski definition) is 2. The fraction of sp³-hybridized carbons (Fsp3) is 0.333. The van der Waals surface area contributed by atoms with Gasteiger partial charge in [0.2, 0.25) is 0 Å². The standard InChI is InChI=1S/C24H23F2NO3/c25-16-7-9-18(21(26)11-16)23(28)12-19(24(29)30)20-13-27-22-10-15(6-8-17(20)22)14-4-2-1-3-5-14/h6-11,13-14,19,27H,1-5,12H2,(H,29,30). The molecule has 1 fully saturated rings. The van der Waals surface area contributed by atoms with Crippen LogP contribution in [-0.2, 0) is 4.79 Å².